The van der Waals surface area contributed by atoms with E-state index in [0.717, 1.165) is 5.56 Å². The third-order valence-electron chi connectivity index (χ3n) is 4.47. The van der Waals surface area contributed by atoms with Gasteiger partial charge in [0.05, 0.1) is 18.6 Å². The molecule has 0 amide bonds. The van der Waals surface area contributed by atoms with Gasteiger partial charge in [0.2, 0.25) is 0 Å². The van der Waals surface area contributed by atoms with E-state index in [9.17, 15) is 19.7 Å². The van der Waals surface area contributed by atoms with Crippen molar-refractivity contribution in [3.63, 3.8) is 0 Å². The van der Waals surface area contributed by atoms with Crippen LogP contribution in [0.3, 0.4) is 0 Å². The van der Waals surface area contributed by atoms with Gasteiger partial charge in [-0.25, -0.2) is 0 Å². The summed E-state index contributed by atoms with van der Waals surface area (Å²) in [6.07, 6.45) is 0.427. The first-order chi connectivity index (χ1) is 12.5. The number of nitro groups is 1. The second kappa shape index (κ2) is 7.35. The number of ketones is 1. The van der Waals surface area contributed by atoms with Crippen molar-refractivity contribution in [2.45, 2.75) is 6.42 Å². The predicted octanol–water partition coefficient (Wildman–Crippen LogP) is 2.82. The van der Waals surface area contributed by atoms with Crippen LogP contribution in [0.2, 0.25) is 0 Å². The SMILES string of the molecule is COc1ccc(C(=O)[C@H]2C(=O)OC[C@@H]2Cc2ccc([N+](=O)[O-])cc2)cc1. The van der Waals surface area contributed by atoms with Crippen LogP contribution in [0, 0.1) is 22.0 Å². The van der Waals surface area contributed by atoms with Crippen LogP contribution in [0.1, 0.15) is 15.9 Å². The van der Waals surface area contributed by atoms with Crippen LogP contribution >= 0.6 is 0 Å². The number of carbonyl (C=O) groups is 2. The van der Waals surface area contributed by atoms with Crippen LogP contribution in [-0.2, 0) is 16.0 Å². The van der Waals surface area contributed by atoms with E-state index in [1.807, 2.05) is 0 Å². The third kappa shape index (κ3) is 3.56. The number of non-ortho nitro benzene ring substituents is 1. The molecular weight excluding hydrogens is 338 g/mol. The number of nitrogens with zero attached hydrogens (tertiary/aromatic N) is 1. The zero-order chi connectivity index (χ0) is 18.7. The number of rotatable bonds is 6. The Morgan fingerprint density at radius 1 is 1.19 bits per heavy atom. The monoisotopic (exact) mass is 355 g/mol. The zero-order valence-electron chi connectivity index (χ0n) is 14.1. The molecule has 2 atom stereocenters. The highest BCUT2D eigenvalue weighted by atomic mass is 16.6. The number of benzene rings is 2. The Bertz CT molecular complexity index is 828. The molecule has 1 heterocycles. The first-order valence-corrected chi connectivity index (χ1v) is 8.08. The van der Waals surface area contributed by atoms with Gasteiger partial charge in [0.15, 0.2) is 5.78 Å². The Balaban J connectivity index is 1.77. The number of Topliss-reactive ketones (excluding diaryl/α,β-unsaturated/α-hetero) is 1. The van der Waals surface area contributed by atoms with E-state index < -0.39 is 16.8 Å². The molecule has 0 saturated carbocycles. The lowest BCUT2D eigenvalue weighted by Gasteiger charge is -2.14. The van der Waals surface area contributed by atoms with E-state index in [4.69, 9.17) is 9.47 Å². The van der Waals surface area contributed by atoms with Crippen LogP contribution in [0.15, 0.2) is 48.5 Å². The zero-order valence-corrected chi connectivity index (χ0v) is 14.1. The Kier molecular flexibility index (Phi) is 4.97. The number of nitro benzene ring substituents is 1. The Morgan fingerprint density at radius 2 is 1.85 bits per heavy atom. The minimum absolute atomic E-state index is 0.00152. The van der Waals surface area contributed by atoms with Gasteiger partial charge in [-0.2, -0.15) is 0 Å². The maximum atomic E-state index is 12.8. The number of carbonyl (C=O) groups excluding carboxylic acids is 2. The summed E-state index contributed by atoms with van der Waals surface area (Å²) in [5.41, 5.74) is 1.23. The van der Waals surface area contributed by atoms with Crippen molar-refractivity contribution in [3.8, 4) is 5.75 Å². The standard InChI is InChI=1S/C19H17NO6/c1-25-16-8-4-13(5-9-16)18(21)17-14(11-26-19(17)22)10-12-2-6-15(7-3-12)20(23)24/h2-9,14,17H,10-11H2,1H3/t14-,17-/m0/s1. The highest BCUT2D eigenvalue weighted by Gasteiger charge is 2.42. The quantitative estimate of drug-likeness (QED) is 0.260. The van der Waals surface area contributed by atoms with E-state index in [-0.39, 0.29) is 24.0 Å². The van der Waals surface area contributed by atoms with Crippen molar-refractivity contribution >= 4 is 17.4 Å². The molecular formula is C19H17NO6. The van der Waals surface area contributed by atoms with Crippen molar-refractivity contribution < 1.29 is 24.0 Å². The summed E-state index contributed by atoms with van der Waals surface area (Å²) in [5, 5.41) is 10.7. The Labute approximate surface area is 149 Å². The second-order valence-corrected chi connectivity index (χ2v) is 6.09. The van der Waals surface area contributed by atoms with Crippen molar-refractivity contribution in [1.82, 2.24) is 0 Å². The molecule has 1 saturated heterocycles. The fraction of sp³-hybridized carbons (Fsp3) is 0.263. The number of ether oxygens (including phenoxy) is 2. The summed E-state index contributed by atoms with van der Waals surface area (Å²) in [6, 6.07) is 12.7. The molecule has 0 spiro atoms. The number of hydrogen-bond donors (Lipinski definition) is 0. The first-order valence-electron chi connectivity index (χ1n) is 8.08. The van der Waals surface area contributed by atoms with Crippen molar-refractivity contribution in [2.24, 2.45) is 11.8 Å². The first kappa shape index (κ1) is 17.6. The average Bonchev–Trinajstić information content (AvgIpc) is 3.02. The molecule has 0 N–H and O–H groups in total. The van der Waals surface area contributed by atoms with Gasteiger partial charge in [-0.1, -0.05) is 12.1 Å². The van der Waals surface area contributed by atoms with Gasteiger partial charge in [0.1, 0.15) is 11.7 Å². The van der Waals surface area contributed by atoms with E-state index >= 15 is 0 Å². The summed E-state index contributed by atoms with van der Waals surface area (Å²) in [7, 11) is 1.53. The number of methoxy groups -OCH3 is 1. The van der Waals surface area contributed by atoms with Crippen LogP contribution < -0.4 is 4.74 Å². The smallest absolute Gasteiger partial charge is 0.317 e. The molecule has 0 bridgehead atoms. The lowest BCUT2D eigenvalue weighted by molar-refractivity contribution is -0.384. The number of cyclic esters (lactones) is 1. The van der Waals surface area contributed by atoms with E-state index in [1.54, 1.807) is 36.4 Å². The van der Waals surface area contributed by atoms with Crippen LogP contribution in [0.25, 0.3) is 0 Å². The molecule has 0 radical (unpaired) electrons. The molecule has 0 aromatic heterocycles. The van der Waals surface area contributed by atoms with Gasteiger partial charge < -0.3 is 9.47 Å². The molecule has 2 aromatic rings. The highest BCUT2D eigenvalue weighted by molar-refractivity contribution is 6.09. The molecule has 26 heavy (non-hydrogen) atoms. The largest absolute Gasteiger partial charge is 0.497 e. The van der Waals surface area contributed by atoms with E-state index in [1.165, 1.54) is 19.2 Å². The Hall–Kier alpha value is -3.22. The summed E-state index contributed by atoms with van der Waals surface area (Å²) < 4.78 is 10.2. The van der Waals surface area contributed by atoms with Crippen molar-refractivity contribution in [2.75, 3.05) is 13.7 Å². The maximum absolute atomic E-state index is 12.8. The fourth-order valence-electron chi connectivity index (χ4n) is 3.06. The van der Waals surface area contributed by atoms with E-state index in [2.05, 4.69) is 0 Å². The molecule has 0 aliphatic carbocycles. The minimum Gasteiger partial charge on any atom is -0.497 e. The van der Waals surface area contributed by atoms with Gasteiger partial charge >= 0.3 is 5.97 Å². The maximum Gasteiger partial charge on any atom is 0.317 e. The lowest BCUT2D eigenvalue weighted by Crippen LogP contribution is -2.27. The Morgan fingerprint density at radius 3 is 2.42 bits per heavy atom. The molecule has 3 rings (SSSR count). The number of hydrogen-bond acceptors (Lipinski definition) is 6. The molecule has 7 nitrogen and oxygen atoms in total. The molecule has 2 aromatic carbocycles. The number of esters is 1. The van der Waals surface area contributed by atoms with Gasteiger partial charge in [0.25, 0.3) is 5.69 Å². The summed E-state index contributed by atoms with van der Waals surface area (Å²) in [6.45, 7) is 0.155. The van der Waals surface area contributed by atoms with E-state index in [0.29, 0.717) is 17.7 Å². The lowest BCUT2D eigenvalue weighted by atomic mass is 9.84. The van der Waals surface area contributed by atoms with Gasteiger partial charge in [-0.05, 0) is 36.2 Å². The molecule has 134 valence electrons. The minimum atomic E-state index is -0.876. The van der Waals surface area contributed by atoms with Crippen LogP contribution in [0.4, 0.5) is 5.69 Å². The van der Waals surface area contributed by atoms with Gasteiger partial charge in [-0.15, -0.1) is 0 Å². The summed E-state index contributed by atoms with van der Waals surface area (Å²) in [4.78, 5) is 35.1. The highest BCUT2D eigenvalue weighted by Crippen LogP contribution is 2.30. The van der Waals surface area contributed by atoms with Crippen molar-refractivity contribution in [3.05, 3.63) is 69.8 Å². The average molecular weight is 355 g/mol. The van der Waals surface area contributed by atoms with Gasteiger partial charge in [-0.3, -0.25) is 19.7 Å². The summed E-state index contributed by atoms with van der Waals surface area (Å²) in [5.74, 6) is -1.38. The topological polar surface area (TPSA) is 95.7 Å². The molecule has 0 unspecified atom stereocenters. The predicted molar refractivity (Wildman–Crippen MR) is 92.1 cm³/mol. The molecule has 7 heteroatoms. The molecule has 1 fully saturated rings. The van der Waals surface area contributed by atoms with Crippen molar-refractivity contribution in [1.29, 1.82) is 0 Å². The van der Waals surface area contributed by atoms with Crippen LogP contribution in [-0.4, -0.2) is 30.4 Å². The molecule has 1 aliphatic rings. The van der Waals surface area contributed by atoms with Gasteiger partial charge in [0, 0.05) is 23.6 Å². The third-order valence-corrected chi connectivity index (χ3v) is 4.47. The van der Waals surface area contributed by atoms with Crippen LogP contribution in [0.5, 0.6) is 5.75 Å². The fourth-order valence-corrected chi connectivity index (χ4v) is 3.06. The summed E-state index contributed by atoms with van der Waals surface area (Å²) >= 11 is 0. The second-order valence-electron chi connectivity index (χ2n) is 6.09. The molecule has 1 aliphatic heterocycles. The normalized spacial score (nSPS) is 19.0.